The highest BCUT2D eigenvalue weighted by molar-refractivity contribution is 7.07. The van der Waals surface area contributed by atoms with E-state index in [9.17, 15) is 0 Å². The van der Waals surface area contributed by atoms with E-state index in [0.29, 0.717) is 11.5 Å². The monoisotopic (exact) mass is 382 g/mol. The molecular weight excluding hydrogens is 356 g/mol. The minimum atomic E-state index is 0. The van der Waals surface area contributed by atoms with Crippen LogP contribution in [0.4, 0.5) is 0 Å². The van der Waals surface area contributed by atoms with Crippen LogP contribution in [0.2, 0.25) is 0 Å². The largest absolute Gasteiger partial charge is 0.317 e. The number of thiophene rings is 1. The Labute approximate surface area is 159 Å². The zero-order valence-corrected chi connectivity index (χ0v) is 16.4. The summed E-state index contributed by atoms with van der Waals surface area (Å²) in [5.41, 5.74) is 1.94. The number of hydrogen-bond donors (Lipinski definition) is 1. The number of hydrogen-bond acceptors (Lipinski definition) is 6. The molecule has 1 aliphatic heterocycles. The lowest BCUT2D eigenvalue weighted by molar-refractivity contribution is 0.181. The molecule has 0 bridgehead atoms. The Morgan fingerprint density at radius 2 is 2.20 bits per heavy atom. The van der Waals surface area contributed by atoms with E-state index in [2.05, 4.69) is 49.5 Å². The first-order valence-corrected chi connectivity index (χ1v) is 9.96. The molecular formula is C17H27ClN6S. The minimum absolute atomic E-state index is 0. The summed E-state index contributed by atoms with van der Waals surface area (Å²) >= 11 is 1.78. The molecule has 138 valence electrons. The molecule has 0 radical (unpaired) electrons. The summed E-state index contributed by atoms with van der Waals surface area (Å²) < 4.78 is 1.97. The van der Waals surface area contributed by atoms with Crippen LogP contribution < -0.4 is 5.32 Å². The first kappa shape index (κ1) is 18.8. The molecule has 25 heavy (non-hydrogen) atoms. The number of halogens is 1. The van der Waals surface area contributed by atoms with Crippen molar-refractivity contribution in [2.75, 3.05) is 13.1 Å². The predicted octanol–water partition coefficient (Wildman–Crippen LogP) is 2.71. The average Bonchev–Trinajstić information content (AvgIpc) is 2.98. The van der Waals surface area contributed by atoms with Gasteiger partial charge in [-0.25, -0.2) is 4.68 Å². The van der Waals surface area contributed by atoms with Crippen molar-refractivity contribution >= 4 is 23.7 Å². The van der Waals surface area contributed by atoms with Gasteiger partial charge in [-0.3, -0.25) is 4.90 Å². The van der Waals surface area contributed by atoms with E-state index in [1.807, 2.05) is 4.68 Å². The van der Waals surface area contributed by atoms with Gasteiger partial charge in [-0.05, 0) is 77.0 Å². The van der Waals surface area contributed by atoms with Gasteiger partial charge in [0.2, 0.25) is 0 Å². The van der Waals surface area contributed by atoms with E-state index in [0.717, 1.165) is 45.0 Å². The highest BCUT2D eigenvalue weighted by Crippen LogP contribution is 2.56. The van der Waals surface area contributed by atoms with E-state index in [1.54, 1.807) is 11.3 Å². The maximum Gasteiger partial charge on any atom is 0.165 e. The van der Waals surface area contributed by atoms with Crippen molar-refractivity contribution in [3.8, 4) is 0 Å². The first-order chi connectivity index (χ1) is 11.8. The number of aryl methyl sites for hydroxylation is 1. The van der Waals surface area contributed by atoms with Crippen LogP contribution in [0.1, 0.15) is 44.0 Å². The molecule has 2 aromatic rings. The van der Waals surface area contributed by atoms with Crippen molar-refractivity contribution < 1.29 is 0 Å². The van der Waals surface area contributed by atoms with E-state index >= 15 is 0 Å². The van der Waals surface area contributed by atoms with Crippen molar-refractivity contribution in [3.05, 3.63) is 28.2 Å². The summed E-state index contributed by atoms with van der Waals surface area (Å²) in [6.45, 7) is 7.24. The third-order valence-electron chi connectivity index (χ3n) is 5.54. The molecule has 1 unspecified atom stereocenters. The van der Waals surface area contributed by atoms with Gasteiger partial charge < -0.3 is 5.32 Å². The summed E-state index contributed by atoms with van der Waals surface area (Å²) in [7, 11) is 0. The van der Waals surface area contributed by atoms with Gasteiger partial charge >= 0.3 is 0 Å². The lowest BCUT2D eigenvalue weighted by Crippen LogP contribution is -2.36. The van der Waals surface area contributed by atoms with E-state index in [1.165, 1.54) is 24.8 Å². The fourth-order valence-corrected chi connectivity index (χ4v) is 4.76. The zero-order valence-electron chi connectivity index (χ0n) is 14.7. The van der Waals surface area contributed by atoms with Crippen molar-refractivity contribution in [2.24, 2.45) is 5.41 Å². The minimum Gasteiger partial charge on any atom is -0.317 e. The Bertz CT molecular complexity index is 652. The molecule has 1 aliphatic carbocycles. The highest BCUT2D eigenvalue weighted by Gasteiger charge is 2.56. The van der Waals surface area contributed by atoms with Crippen LogP contribution in [0.25, 0.3) is 0 Å². The maximum atomic E-state index is 4.30. The maximum absolute atomic E-state index is 4.30. The van der Waals surface area contributed by atoms with Crippen LogP contribution in [0.3, 0.4) is 0 Å². The van der Waals surface area contributed by atoms with Crippen molar-refractivity contribution in [2.45, 2.75) is 58.3 Å². The lowest BCUT2D eigenvalue weighted by Gasteiger charge is -2.29. The Kier molecular flexibility index (Phi) is 6.09. The van der Waals surface area contributed by atoms with Gasteiger partial charge in [0.25, 0.3) is 0 Å². The fraction of sp³-hybridized carbons (Fsp3) is 0.706. The molecule has 8 heteroatoms. The van der Waals surface area contributed by atoms with Gasteiger partial charge in [-0.2, -0.15) is 11.3 Å². The third-order valence-corrected chi connectivity index (χ3v) is 6.27. The Hall–Kier alpha value is -1.02. The zero-order chi connectivity index (χ0) is 16.4. The summed E-state index contributed by atoms with van der Waals surface area (Å²) in [5, 5.41) is 20.3. The van der Waals surface area contributed by atoms with Gasteiger partial charge in [-0.15, -0.1) is 17.5 Å². The molecule has 2 fully saturated rings. The van der Waals surface area contributed by atoms with Crippen LogP contribution >= 0.6 is 23.7 Å². The van der Waals surface area contributed by atoms with Crippen molar-refractivity contribution in [1.82, 2.24) is 30.4 Å². The Balaban J connectivity index is 0.00000182. The summed E-state index contributed by atoms with van der Waals surface area (Å²) in [5.74, 6) is 1.00. The molecule has 4 rings (SSSR count). The number of rotatable bonds is 7. The predicted molar refractivity (Wildman–Crippen MR) is 102 cm³/mol. The molecule has 1 atom stereocenters. The van der Waals surface area contributed by atoms with Gasteiger partial charge in [0, 0.05) is 19.1 Å². The smallest absolute Gasteiger partial charge is 0.165 e. The van der Waals surface area contributed by atoms with Gasteiger partial charge in [0.15, 0.2) is 5.82 Å². The first-order valence-electron chi connectivity index (χ1n) is 9.02. The number of piperidine rings is 1. The molecule has 1 saturated heterocycles. The molecule has 6 nitrogen and oxygen atoms in total. The van der Waals surface area contributed by atoms with Gasteiger partial charge in [-0.1, -0.05) is 6.92 Å². The van der Waals surface area contributed by atoms with Crippen LogP contribution in [-0.2, 0) is 19.6 Å². The van der Waals surface area contributed by atoms with Crippen LogP contribution in [0.15, 0.2) is 16.8 Å². The Morgan fingerprint density at radius 3 is 2.92 bits per heavy atom. The Morgan fingerprint density at radius 1 is 1.36 bits per heavy atom. The lowest BCUT2D eigenvalue weighted by atomic mass is 9.93. The number of tetrazole rings is 1. The van der Waals surface area contributed by atoms with E-state index in [4.69, 9.17) is 0 Å². The average molecular weight is 383 g/mol. The number of nitrogens with zero attached hydrogens (tertiary/aromatic N) is 5. The van der Waals surface area contributed by atoms with Crippen molar-refractivity contribution in [1.29, 1.82) is 0 Å². The fourth-order valence-electron chi connectivity index (χ4n) is 4.10. The summed E-state index contributed by atoms with van der Waals surface area (Å²) in [4.78, 5) is 2.62. The van der Waals surface area contributed by atoms with Crippen molar-refractivity contribution in [3.63, 3.8) is 0 Å². The quantitative estimate of drug-likeness (QED) is 0.797. The number of nitrogens with one attached hydrogen (secondary N) is 1. The summed E-state index contributed by atoms with van der Waals surface area (Å²) in [6, 6.07) is 2.91. The third kappa shape index (κ3) is 4.05. The van der Waals surface area contributed by atoms with Crippen LogP contribution in [0, 0.1) is 5.41 Å². The highest BCUT2D eigenvalue weighted by atomic mass is 35.5. The molecule has 1 saturated carbocycles. The van der Waals surface area contributed by atoms with Gasteiger partial charge in [0.1, 0.15) is 0 Å². The number of aromatic nitrogens is 4. The topological polar surface area (TPSA) is 58.9 Å². The van der Waals surface area contributed by atoms with E-state index < -0.39 is 0 Å². The molecule has 3 heterocycles. The van der Waals surface area contributed by atoms with E-state index in [-0.39, 0.29) is 12.4 Å². The van der Waals surface area contributed by atoms with Gasteiger partial charge in [0.05, 0.1) is 6.54 Å². The molecule has 1 N–H and O–H groups in total. The SMILES string of the molecule is CCCn1nnnc1CN(Cc1ccsc1)C1CC12CCNCC2.Cl. The normalized spacial score (nSPS) is 21.4. The molecule has 1 spiro atoms. The second kappa shape index (κ2) is 8.12. The second-order valence-electron chi connectivity index (χ2n) is 7.19. The second-order valence-corrected chi connectivity index (χ2v) is 7.97. The molecule has 2 aromatic heterocycles. The standard InChI is InChI=1S/C17H26N6S.ClH/c1-2-8-23-16(19-20-21-23)12-22(11-14-3-9-24-13-14)15-10-17(15)4-6-18-7-5-17;/h3,9,13,15,18H,2,4-8,10-12H2,1H3;1H. The van der Waals surface area contributed by atoms with Crippen LogP contribution in [0.5, 0.6) is 0 Å². The molecule has 0 aromatic carbocycles. The molecule has 2 aliphatic rings. The summed E-state index contributed by atoms with van der Waals surface area (Å²) in [6.07, 6.45) is 4.99. The van der Waals surface area contributed by atoms with Crippen LogP contribution in [-0.4, -0.2) is 44.2 Å². The molecule has 0 amide bonds.